The molecule has 1 aliphatic rings. The van der Waals surface area contributed by atoms with E-state index in [-0.39, 0.29) is 29.5 Å². The minimum absolute atomic E-state index is 0.0833. The zero-order valence-corrected chi connectivity index (χ0v) is 5.56. The zero-order chi connectivity index (χ0) is 7.72. The van der Waals surface area contributed by atoms with Gasteiger partial charge < -0.3 is 15.8 Å². The fourth-order valence-corrected chi connectivity index (χ4v) is 0.865. The SMILES string of the molecule is C/C(O)=C1/C(=N)CNC1=O. The Balaban J connectivity index is 3.05. The summed E-state index contributed by atoms with van der Waals surface area (Å²) in [4.78, 5) is 10.8. The van der Waals surface area contributed by atoms with Gasteiger partial charge in [-0.15, -0.1) is 0 Å². The summed E-state index contributed by atoms with van der Waals surface area (Å²) in [7, 11) is 0. The Labute approximate surface area is 58.1 Å². The standard InChI is InChI=1S/C6H8N2O2/c1-3(9)5-4(7)2-8-6(5)10/h7,9H,2H2,1H3,(H,8,10)/b5-3+,7-4?. The van der Waals surface area contributed by atoms with Crippen molar-refractivity contribution in [3.63, 3.8) is 0 Å². The maximum Gasteiger partial charge on any atom is 0.256 e. The first-order valence-electron chi connectivity index (χ1n) is 2.88. The van der Waals surface area contributed by atoms with Crippen LogP contribution in [0.1, 0.15) is 6.92 Å². The van der Waals surface area contributed by atoms with Crippen molar-refractivity contribution in [1.82, 2.24) is 5.32 Å². The molecule has 1 saturated heterocycles. The van der Waals surface area contributed by atoms with Gasteiger partial charge in [-0.2, -0.15) is 0 Å². The summed E-state index contributed by atoms with van der Waals surface area (Å²) in [6.07, 6.45) is 0. The number of aliphatic hydroxyl groups excluding tert-OH is 1. The van der Waals surface area contributed by atoms with Crippen LogP contribution in [-0.2, 0) is 4.79 Å². The van der Waals surface area contributed by atoms with Crippen LogP contribution in [0.25, 0.3) is 0 Å². The quantitative estimate of drug-likeness (QED) is 0.326. The topological polar surface area (TPSA) is 73.2 Å². The van der Waals surface area contributed by atoms with Gasteiger partial charge in [-0.1, -0.05) is 0 Å². The van der Waals surface area contributed by atoms with Gasteiger partial charge in [-0.05, 0) is 6.92 Å². The van der Waals surface area contributed by atoms with Crippen LogP contribution in [0.2, 0.25) is 0 Å². The lowest BCUT2D eigenvalue weighted by Crippen LogP contribution is -2.14. The van der Waals surface area contributed by atoms with Crippen molar-refractivity contribution in [3.8, 4) is 0 Å². The second-order valence-corrected chi connectivity index (χ2v) is 2.12. The molecule has 1 aliphatic heterocycles. The number of hydrogen-bond donors (Lipinski definition) is 3. The number of aliphatic hydroxyl groups is 1. The Morgan fingerprint density at radius 3 is 2.60 bits per heavy atom. The first-order valence-corrected chi connectivity index (χ1v) is 2.88. The zero-order valence-electron chi connectivity index (χ0n) is 5.56. The molecule has 0 bridgehead atoms. The highest BCUT2D eigenvalue weighted by Gasteiger charge is 2.24. The van der Waals surface area contributed by atoms with Crippen LogP contribution in [0.3, 0.4) is 0 Å². The van der Waals surface area contributed by atoms with E-state index < -0.39 is 0 Å². The molecule has 1 amide bonds. The molecule has 10 heavy (non-hydrogen) atoms. The number of allylic oxidation sites excluding steroid dienone is 1. The molecule has 4 nitrogen and oxygen atoms in total. The normalized spacial score (nSPS) is 22.9. The van der Waals surface area contributed by atoms with Crippen LogP contribution in [0, 0.1) is 5.41 Å². The summed E-state index contributed by atoms with van der Waals surface area (Å²) in [5.74, 6) is -0.440. The molecule has 1 heterocycles. The highest BCUT2D eigenvalue weighted by Crippen LogP contribution is 2.07. The second kappa shape index (κ2) is 2.13. The third-order valence-electron chi connectivity index (χ3n) is 1.32. The first-order chi connectivity index (χ1) is 4.63. The molecule has 54 valence electrons. The Bertz CT molecular complexity index is 208. The van der Waals surface area contributed by atoms with E-state index in [1.807, 2.05) is 0 Å². The predicted octanol–water partition coefficient (Wildman–Crippen LogP) is -0.0320. The molecule has 4 heteroatoms. The largest absolute Gasteiger partial charge is 0.512 e. The number of rotatable bonds is 0. The highest BCUT2D eigenvalue weighted by atomic mass is 16.3. The predicted molar refractivity (Wildman–Crippen MR) is 36.1 cm³/mol. The van der Waals surface area contributed by atoms with Crippen LogP contribution in [-0.4, -0.2) is 23.3 Å². The van der Waals surface area contributed by atoms with Crippen molar-refractivity contribution in [2.45, 2.75) is 6.92 Å². The highest BCUT2D eigenvalue weighted by molar-refractivity contribution is 6.26. The summed E-state index contributed by atoms with van der Waals surface area (Å²) < 4.78 is 0. The summed E-state index contributed by atoms with van der Waals surface area (Å²) in [5.41, 5.74) is 0.269. The number of carbonyl (C=O) groups is 1. The Morgan fingerprint density at radius 2 is 2.40 bits per heavy atom. The summed E-state index contributed by atoms with van der Waals surface area (Å²) in [6.45, 7) is 1.63. The lowest BCUT2D eigenvalue weighted by molar-refractivity contribution is -0.116. The fourth-order valence-electron chi connectivity index (χ4n) is 0.865. The van der Waals surface area contributed by atoms with E-state index in [0.717, 1.165) is 0 Å². The molecule has 0 radical (unpaired) electrons. The van der Waals surface area contributed by atoms with Gasteiger partial charge in [0.15, 0.2) is 0 Å². The van der Waals surface area contributed by atoms with Crippen molar-refractivity contribution in [2.24, 2.45) is 0 Å². The molecule has 0 saturated carbocycles. The van der Waals surface area contributed by atoms with Gasteiger partial charge in [0.1, 0.15) is 5.76 Å². The van der Waals surface area contributed by atoms with Crippen LogP contribution >= 0.6 is 0 Å². The molecule has 0 aromatic carbocycles. The van der Waals surface area contributed by atoms with Gasteiger partial charge >= 0.3 is 0 Å². The van der Waals surface area contributed by atoms with Gasteiger partial charge in [0, 0.05) is 0 Å². The van der Waals surface area contributed by atoms with Crippen molar-refractivity contribution >= 4 is 11.6 Å². The van der Waals surface area contributed by atoms with E-state index >= 15 is 0 Å². The minimum atomic E-state index is -0.356. The minimum Gasteiger partial charge on any atom is -0.512 e. The van der Waals surface area contributed by atoms with E-state index in [9.17, 15) is 4.79 Å². The molecule has 0 aromatic heterocycles. The van der Waals surface area contributed by atoms with Crippen molar-refractivity contribution in [3.05, 3.63) is 11.3 Å². The summed E-state index contributed by atoms with van der Waals surface area (Å²) in [5, 5.41) is 18.5. The average molecular weight is 140 g/mol. The molecule has 0 atom stereocenters. The lowest BCUT2D eigenvalue weighted by atomic mass is 10.2. The van der Waals surface area contributed by atoms with E-state index in [0.29, 0.717) is 0 Å². The first kappa shape index (κ1) is 6.80. The second-order valence-electron chi connectivity index (χ2n) is 2.12. The third kappa shape index (κ3) is 0.877. The van der Waals surface area contributed by atoms with Crippen LogP contribution in [0.5, 0.6) is 0 Å². The van der Waals surface area contributed by atoms with Gasteiger partial charge in [0.25, 0.3) is 5.91 Å². The van der Waals surface area contributed by atoms with Crippen LogP contribution in [0.15, 0.2) is 11.3 Å². The summed E-state index contributed by atoms with van der Waals surface area (Å²) in [6, 6.07) is 0. The van der Waals surface area contributed by atoms with E-state index in [2.05, 4.69) is 5.32 Å². The number of amides is 1. The third-order valence-corrected chi connectivity index (χ3v) is 1.32. The molecule has 1 rings (SSSR count). The molecule has 0 aliphatic carbocycles. The van der Waals surface area contributed by atoms with E-state index in [1.54, 1.807) is 0 Å². The molecular formula is C6H8N2O2. The van der Waals surface area contributed by atoms with Gasteiger partial charge in [-0.3, -0.25) is 4.79 Å². The summed E-state index contributed by atoms with van der Waals surface area (Å²) >= 11 is 0. The lowest BCUT2D eigenvalue weighted by Gasteiger charge is -1.93. The maximum absolute atomic E-state index is 10.8. The number of nitrogens with one attached hydrogen (secondary N) is 2. The Kier molecular flexibility index (Phi) is 1.45. The van der Waals surface area contributed by atoms with Crippen molar-refractivity contribution in [2.75, 3.05) is 6.54 Å². The van der Waals surface area contributed by atoms with Crippen LogP contribution < -0.4 is 5.32 Å². The van der Waals surface area contributed by atoms with E-state index in [4.69, 9.17) is 10.5 Å². The molecular weight excluding hydrogens is 132 g/mol. The smallest absolute Gasteiger partial charge is 0.256 e. The van der Waals surface area contributed by atoms with Crippen LogP contribution in [0.4, 0.5) is 0 Å². The van der Waals surface area contributed by atoms with Gasteiger partial charge in [0.2, 0.25) is 0 Å². The van der Waals surface area contributed by atoms with Gasteiger partial charge in [0.05, 0.1) is 17.8 Å². The maximum atomic E-state index is 10.8. The molecule has 0 spiro atoms. The fraction of sp³-hybridized carbons (Fsp3) is 0.333. The Hall–Kier alpha value is -1.32. The van der Waals surface area contributed by atoms with Gasteiger partial charge in [-0.25, -0.2) is 0 Å². The molecule has 3 N–H and O–H groups in total. The molecule has 0 aromatic rings. The van der Waals surface area contributed by atoms with E-state index in [1.165, 1.54) is 6.92 Å². The molecule has 1 fully saturated rings. The monoisotopic (exact) mass is 140 g/mol. The molecule has 0 unspecified atom stereocenters. The van der Waals surface area contributed by atoms with Crippen molar-refractivity contribution in [1.29, 1.82) is 5.41 Å². The average Bonchev–Trinajstić information content (AvgIpc) is 2.11. The van der Waals surface area contributed by atoms with Crippen molar-refractivity contribution < 1.29 is 9.90 Å². The number of hydrogen-bond acceptors (Lipinski definition) is 3. The number of carbonyl (C=O) groups excluding carboxylic acids is 1. The Morgan fingerprint density at radius 1 is 1.80 bits per heavy atom.